The van der Waals surface area contributed by atoms with Crippen LogP contribution in [0.1, 0.15) is 11.1 Å². The Morgan fingerprint density at radius 3 is 2.10 bits per heavy atom. The van der Waals surface area contributed by atoms with Crippen LogP contribution >= 0.6 is 0 Å². The van der Waals surface area contributed by atoms with Gasteiger partial charge in [-0.25, -0.2) is 17.6 Å². The summed E-state index contributed by atoms with van der Waals surface area (Å²) in [6, 6.07) is 17.1. The van der Waals surface area contributed by atoms with Crippen LogP contribution in [0.15, 0.2) is 66.7 Å². The third kappa shape index (κ3) is 3.72. The summed E-state index contributed by atoms with van der Waals surface area (Å²) in [5.41, 5.74) is 2.13. The summed E-state index contributed by atoms with van der Waals surface area (Å²) in [4.78, 5) is 0. The van der Waals surface area contributed by atoms with E-state index < -0.39 is 23.3 Å². The van der Waals surface area contributed by atoms with Gasteiger partial charge >= 0.3 is 0 Å². The molecule has 4 rings (SSSR count). The third-order valence-corrected chi connectivity index (χ3v) is 4.71. The van der Waals surface area contributed by atoms with Gasteiger partial charge in [0.25, 0.3) is 0 Å². The molecular weight excluding hydrogens is 392 g/mol. The van der Waals surface area contributed by atoms with E-state index in [2.05, 4.69) is 11.8 Å². The lowest BCUT2D eigenvalue weighted by atomic mass is 10.0. The summed E-state index contributed by atoms with van der Waals surface area (Å²) in [5, 5.41) is 0.128. The van der Waals surface area contributed by atoms with Crippen LogP contribution in [0.25, 0.3) is 21.9 Å². The van der Waals surface area contributed by atoms with Gasteiger partial charge < -0.3 is 4.74 Å². The Labute approximate surface area is 170 Å². The van der Waals surface area contributed by atoms with E-state index in [1.807, 2.05) is 12.1 Å². The number of hydrogen-bond acceptors (Lipinski definition) is 1. The van der Waals surface area contributed by atoms with Crippen molar-refractivity contribution in [3.63, 3.8) is 0 Å². The first-order chi connectivity index (χ1) is 14.5. The predicted molar refractivity (Wildman–Crippen MR) is 108 cm³/mol. The van der Waals surface area contributed by atoms with Crippen molar-refractivity contribution in [2.75, 3.05) is 7.11 Å². The maximum Gasteiger partial charge on any atom is 0.195 e. The number of fused-ring (bicyclic) bond motifs is 1. The fourth-order valence-corrected chi connectivity index (χ4v) is 3.10. The lowest BCUT2D eigenvalue weighted by Crippen LogP contribution is -1.92. The summed E-state index contributed by atoms with van der Waals surface area (Å²) in [6.07, 6.45) is 0. The molecule has 0 radical (unpaired) electrons. The summed E-state index contributed by atoms with van der Waals surface area (Å²) in [5.74, 6) is 1.69. The van der Waals surface area contributed by atoms with Crippen LogP contribution in [0.2, 0.25) is 0 Å². The van der Waals surface area contributed by atoms with Gasteiger partial charge in [0.05, 0.1) is 12.7 Å². The number of rotatable bonds is 2. The number of methoxy groups -OCH3 is 1. The highest BCUT2D eigenvalue weighted by atomic mass is 19.2. The molecule has 4 aromatic rings. The fourth-order valence-electron chi connectivity index (χ4n) is 3.10. The minimum atomic E-state index is -1.51. The molecule has 0 heterocycles. The van der Waals surface area contributed by atoms with E-state index in [1.165, 1.54) is 24.3 Å². The molecule has 0 unspecified atom stereocenters. The first-order valence-corrected chi connectivity index (χ1v) is 8.99. The second-order valence-corrected chi connectivity index (χ2v) is 6.60. The first-order valence-electron chi connectivity index (χ1n) is 8.99. The molecule has 0 saturated heterocycles. The predicted octanol–water partition coefficient (Wildman–Crippen LogP) is 6.47. The second kappa shape index (κ2) is 7.92. The highest BCUT2D eigenvalue weighted by Gasteiger charge is 2.13. The molecule has 4 aromatic carbocycles. The van der Waals surface area contributed by atoms with Crippen molar-refractivity contribution in [3.05, 3.63) is 101 Å². The molecule has 0 N–H and O–H groups in total. The van der Waals surface area contributed by atoms with E-state index in [0.717, 1.165) is 11.6 Å². The van der Waals surface area contributed by atoms with E-state index in [9.17, 15) is 17.6 Å². The minimum absolute atomic E-state index is 0.0468. The summed E-state index contributed by atoms with van der Waals surface area (Å²) in [6.45, 7) is 0. The molecule has 0 bridgehead atoms. The molecule has 0 saturated carbocycles. The molecule has 0 amide bonds. The molecule has 0 aromatic heterocycles. The molecule has 5 heteroatoms. The zero-order valence-corrected chi connectivity index (χ0v) is 15.8. The largest absolute Gasteiger partial charge is 0.497 e. The number of ether oxygens (including phenoxy) is 1. The average molecular weight is 406 g/mol. The van der Waals surface area contributed by atoms with E-state index in [0.29, 0.717) is 16.9 Å². The van der Waals surface area contributed by atoms with Crippen molar-refractivity contribution in [2.24, 2.45) is 0 Å². The normalized spacial score (nSPS) is 10.6. The fraction of sp³-hybridized carbons (Fsp3) is 0.0400. The third-order valence-electron chi connectivity index (χ3n) is 4.71. The van der Waals surface area contributed by atoms with Gasteiger partial charge in [0.15, 0.2) is 17.5 Å². The van der Waals surface area contributed by atoms with Gasteiger partial charge in [0, 0.05) is 10.9 Å². The zero-order valence-electron chi connectivity index (χ0n) is 15.8. The standard InChI is InChI=1S/C25H14F4O/c1-30-20-9-7-16(8-10-20)18-6-5-17(22(26)13-18)4-2-15-3-11-21-19(12-15)14-23(27)25(29)24(21)28/h3,5-14H,1H3. The van der Waals surface area contributed by atoms with Crippen LogP contribution in [-0.2, 0) is 0 Å². The van der Waals surface area contributed by atoms with Gasteiger partial charge in [-0.1, -0.05) is 36.1 Å². The highest BCUT2D eigenvalue weighted by Crippen LogP contribution is 2.25. The molecular formula is C25H14F4O. The van der Waals surface area contributed by atoms with E-state index in [4.69, 9.17) is 4.74 Å². The quantitative estimate of drug-likeness (QED) is 0.211. The number of halogens is 4. The van der Waals surface area contributed by atoms with Gasteiger partial charge in [-0.05, 0) is 59.0 Å². The summed E-state index contributed by atoms with van der Waals surface area (Å²) in [7, 11) is 1.57. The molecule has 0 spiro atoms. The maximum absolute atomic E-state index is 14.5. The SMILES string of the molecule is COc1ccc(-c2ccc(C#Cc3ccc4c(F)c(F)c(F)cc4c3)c(F)c2)cc1. The van der Waals surface area contributed by atoms with Crippen molar-refractivity contribution in [2.45, 2.75) is 0 Å². The summed E-state index contributed by atoms with van der Waals surface area (Å²) < 4.78 is 60.2. The summed E-state index contributed by atoms with van der Waals surface area (Å²) >= 11 is 0. The lowest BCUT2D eigenvalue weighted by Gasteiger charge is -2.05. The van der Waals surface area contributed by atoms with Crippen LogP contribution in [0, 0.1) is 35.1 Å². The van der Waals surface area contributed by atoms with Gasteiger partial charge in [-0.2, -0.15) is 0 Å². The van der Waals surface area contributed by atoms with Crippen molar-refractivity contribution in [3.8, 4) is 28.7 Å². The van der Waals surface area contributed by atoms with E-state index in [1.54, 1.807) is 31.4 Å². The van der Waals surface area contributed by atoms with Crippen LogP contribution in [0.3, 0.4) is 0 Å². The van der Waals surface area contributed by atoms with Crippen molar-refractivity contribution in [1.82, 2.24) is 0 Å². The average Bonchev–Trinajstić information content (AvgIpc) is 2.76. The van der Waals surface area contributed by atoms with Crippen LogP contribution in [0.4, 0.5) is 17.6 Å². The van der Waals surface area contributed by atoms with E-state index >= 15 is 0 Å². The Hall–Kier alpha value is -3.78. The topological polar surface area (TPSA) is 9.23 Å². The zero-order chi connectivity index (χ0) is 21.3. The first kappa shape index (κ1) is 19.5. The van der Waals surface area contributed by atoms with Crippen LogP contribution in [0.5, 0.6) is 5.75 Å². The Kier molecular flexibility index (Phi) is 5.16. The molecule has 0 aliphatic rings. The Bertz CT molecular complexity index is 1320. The van der Waals surface area contributed by atoms with Gasteiger partial charge in [-0.3, -0.25) is 0 Å². The van der Waals surface area contributed by atoms with Crippen molar-refractivity contribution in [1.29, 1.82) is 0 Å². The Morgan fingerprint density at radius 2 is 1.40 bits per heavy atom. The van der Waals surface area contributed by atoms with E-state index in [-0.39, 0.29) is 16.3 Å². The van der Waals surface area contributed by atoms with Crippen molar-refractivity contribution >= 4 is 10.8 Å². The molecule has 30 heavy (non-hydrogen) atoms. The monoisotopic (exact) mass is 406 g/mol. The second-order valence-electron chi connectivity index (χ2n) is 6.60. The van der Waals surface area contributed by atoms with Crippen molar-refractivity contribution < 1.29 is 22.3 Å². The van der Waals surface area contributed by atoms with Gasteiger partial charge in [0.1, 0.15) is 11.6 Å². The van der Waals surface area contributed by atoms with Gasteiger partial charge in [-0.15, -0.1) is 0 Å². The number of benzene rings is 4. The Morgan fingerprint density at radius 1 is 0.667 bits per heavy atom. The minimum Gasteiger partial charge on any atom is -0.497 e. The molecule has 148 valence electrons. The molecule has 0 aliphatic carbocycles. The smallest absolute Gasteiger partial charge is 0.195 e. The molecule has 0 fully saturated rings. The lowest BCUT2D eigenvalue weighted by molar-refractivity contribution is 0.415. The maximum atomic E-state index is 14.5. The number of hydrogen-bond donors (Lipinski definition) is 0. The van der Waals surface area contributed by atoms with Crippen LogP contribution in [-0.4, -0.2) is 7.11 Å². The molecule has 0 aliphatic heterocycles. The molecule has 1 nitrogen and oxygen atoms in total. The molecule has 0 atom stereocenters. The van der Waals surface area contributed by atoms with Crippen LogP contribution < -0.4 is 4.74 Å². The van der Waals surface area contributed by atoms with Gasteiger partial charge in [0.2, 0.25) is 0 Å². The highest BCUT2D eigenvalue weighted by molar-refractivity contribution is 5.84. The Balaban J connectivity index is 1.64.